The fourth-order valence-corrected chi connectivity index (χ4v) is 2.42. The van der Waals surface area contributed by atoms with E-state index < -0.39 is 5.97 Å². The molecule has 5 nitrogen and oxygen atoms in total. The number of aromatic nitrogens is 2. The number of rotatable bonds is 7. The van der Waals surface area contributed by atoms with Crippen LogP contribution in [0.3, 0.4) is 0 Å². The summed E-state index contributed by atoms with van der Waals surface area (Å²) in [5, 5.41) is 9.46. The van der Waals surface area contributed by atoms with E-state index in [1.54, 1.807) is 6.92 Å². The predicted molar refractivity (Wildman–Crippen MR) is 72.2 cm³/mol. The van der Waals surface area contributed by atoms with E-state index in [-0.39, 0.29) is 5.69 Å². The van der Waals surface area contributed by atoms with Gasteiger partial charge in [-0.1, -0.05) is 25.6 Å². The van der Waals surface area contributed by atoms with Gasteiger partial charge in [0.15, 0.2) is 10.9 Å². The summed E-state index contributed by atoms with van der Waals surface area (Å²) < 4.78 is 0. The Kier molecular flexibility index (Phi) is 6.07. The smallest absolute Gasteiger partial charge is 0.354 e. The largest absolute Gasteiger partial charge is 0.477 e. The molecule has 1 rings (SSSR count). The minimum Gasteiger partial charge on any atom is -0.477 e. The van der Waals surface area contributed by atoms with Crippen molar-refractivity contribution in [1.29, 1.82) is 0 Å². The molecule has 0 bridgehead atoms. The number of carbonyl (C=O) groups is 1. The van der Waals surface area contributed by atoms with Crippen LogP contribution in [-0.2, 0) is 0 Å². The zero-order chi connectivity index (χ0) is 13.5. The van der Waals surface area contributed by atoms with Gasteiger partial charge in [0.2, 0.25) is 0 Å². The maximum Gasteiger partial charge on any atom is 0.354 e. The normalized spacial score (nSPS) is 10.9. The second kappa shape index (κ2) is 7.33. The summed E-state index contributed by atoms with van der Waals surface area (Å²) in [5.74, 6) is -0.143. The Morgan fingerprint density at radius 3 is 2.61 bits per heavy atom. The number of thioether (sulfide) groups is 1. The first-order valence-corrected chi connectivity index (χ1v) is 6.99. The highest BCUT2D eigenvalue weighted by Gasteiger charge is 2.09. The van der Waals surface area contributed by atoms with Crippen molar-refractivity contribution >= 4 is 17.7 Å². The Morgan fingerprint density at radius 1 is 1.39 bits per heavy atom. The van der Waals surface area contributed by atoms with Gasteiger partial charge >= 0.3 is 5.97 Å². The van der Waals surface area contributed by atoms with Crippen LogP contribution in [0, 0.1) is 6.92 Å². The topological polar surface area (TPSA) is 66.3 Å². The Labute approximate surface area is 112 Å². The molecule has 18 heavy (non-hydrogen) atoms. The fraction of sp³-hybridized carbons (Fsp3) is 0.583. The second-order valence-electron chi connectivity index (χ2n) is 3.86. The maximum atomic E-state index is 10.9. The molecule has 0 aliphatic rings. The van der Waals surface area contributed by atoms with Crippen molar-refractivity contribution in [2.45, 2.75) is 25.9 Å². The zero-order valence-electron chi connectivity index (χ0n) is 11.0. The number of carboxylic acids is 1. The van der Waals surface area contributed by atoms with E-state index in [4.69, 9.17) is 5.11 Å². The van der Waals surface area contributed by atoms with Crippen LogP contribution < -0.4 is 0 Å². The van der Waals surface area contributed by atoms with E-state index in [1.165, 1.54) is 17.8 Å². The molecule has 1 heterocycles. The highest BCUT2D eigenvalue weighted by molar-refractivity contribution is 7.99. The lowest BCUT2D eigenvalue weighted by atomic mass is 10.3. The van der Waals surface area contributed by atoms with Crippen LogP contribution in [0.2, 0.25) is 0 Å². The van der Waals surface area contributed by atoms with E-state index in [1.807, 2.05) is 0 Å². The number of hydrogen-bond acceptors (Lipinski definition) is 5. The molecule has 0 saturated carbocycles. The standard InChI is InChI=1S/C12H19N3O2S/c1-4-15(5-2)6-7-18-12-13-9(3)8-10(14-12)11(16)17/h8H,4-7H2,1-3H3,(H,16,17). The van der Waals surface area contributed by atoms with E-state index in [2.05, 4.69) is 28.7 Å². The minimum absolute atomic E-state index is 0.0628. The highest BCUT2D eigenvalue weighted by atomic mass is 32.2. The number of nitrogens with zero attached hydrogens (tertiary/aromatic N) is 3. The van der Waals surface area contributed by atoms with Crippen molar-refractivity contribution in [3.8, 4) is 0 Å². The monoisotopic (exact) mass is 269 g/mol. The molecular formula is C12H19N3O2S. The molecule has 0 aliphatic carbocycles. The lowest BCUT2D eigenvalue weighted by Gasteiger charge is -2.16. The molecule has 0 spiro atoms. The first-order chi connectivity index (χ1) is 8.56. The molecule has 6 heteroatoms. The van der Waals surface area contributed by atoms with E-state index >= 15 is 0 Å². The number of carboxylic acid groups (broad SMARTS) is 1. The molecule has 1 aromatic heterocycles. The van der Waals surface area contributed by atoms with Crippen molar-refractivity contribution in [3.63, 3.8) is 0 Å². The van der Waals surface area contributed by atoms with Gasteiger partial charge in [0.25, 0.3) is 0 Å². The molecule has 0 saturated heterocycles. The maximum absolute atomic E-state index is 10.9. The van der Waals surface area contributed by atoms with Crippen LogP contribution in [0.1, 0.15) is 30.0 Å². The average molecular weight is 269 g/mol. The van der Waals surface area contributed by atoms with Gasteiger partial charge in [0.05, 0.1) is 0 Å². The molecule has 0 atom stereocenters. The number of hydrogen-bond donors (Lipinski definition) is 1. The van der Waals surface area contributed by atoms with Crippen LogP contribution in [0.15, 0.2) is 11.2 Å². The Hall–Kier alpha value is -1.14. The van der Waals surface area contributed by atoms with Crippen molar-refractivity contribution in [1.82, 2.24) is 14.9 Å². The first-order valence-electron chi connectivity index (χ1n) is 6.01. The quantitative estimate of drug-likeness (QED) is 0.602. The number of aromatic carboxylic acids is 1. The van der Waals surface area contributed by atoms with Crippen molar-refractivity contribution < 1.29 is 9.90 Å². The second-order valence-corrected chi connectivity index (χ2v) is 4.92. The van der Waals surface area contributed by atoms with Gasteiger partial charge in [-0.25, -0.2) is 14.8 Å². The molecule has 0 amide bonds. The summed E-state index contributed by atoms with van der Waals surface area (Å²) in [6.07, 6.45) is 0. The van der Waals surface area contributed by atoms with Gasteiger partial charge in [0.1, 0.15) is 0 Å². The summed E-state index contributed by atoms with van der Waals surface area (Å²) in [7, 11) is 0. The van der Waals surface area contributed by atoms with Gasteiger partial charge in [-0.2, -0.15) is 0 Å². The zero-order valence-corrected chi connectivity index (χ0v) is 11.8. The van der Waals surface area contributed by atoms with Crippen molar-refractivity contribution in [2.75, 3.05) is 25.4 Å². The van der Waals surface area contributed by atoms with Gasteiger partial charge in [-0.05, 0) is 26.1 Å². The van der Waals surface area contributed by atoms with E-state index in [0.29, 0.717) is 10.9 Å². The molecule has 0 unspecified atom stereocenters. The van der Waals surface area contributed by atoms with Crippen molar-refractivity contribution in [2.24, 2.45) is 0 Å². The summed E-state index contributed by atoms with van der Waals surface area (Å²) in [6.45, 7) is 9.03. The SMILES string of the molecule is CCN(CC)CCSc1nc(C)cc(C(=O)O)n1. The van der Waals surface area contributed by atoms with Gasteiger partial charge in [-0.15, -0.1) is 0 Å². The fourth-order valence-electron chi connectivity index (χ4n) is 1.52. The van der Waals surface area contributed by atoms with Crippen LogP contribution in [0.25, 0.3) is 0 Å². The summed E-state index contributed by atoms with van der Waals surface area (Å²) >= 11 is 1.50. The van der Waals surface area contributed by atoms with Gasteiger partial charge in [-0.3, -0.25) is 0 Å². The lowest BCUT2D eigenvalue weighted by Crippen LogP contribution is -2.25. The summed E-state index contributed by atoms with van der Waals surface area (Å²) in [4.78, 5) is 21.4. The molecule has 0 aromatic carbocycles. The molecule has 100 valence electrons. The van der Waals surface area contributed by atoms with Crippen LogP contribution >= 0.6 is 11.8 Å². The summed E-state index contributed by atoms with van der Waals surface area (Å²) in [6, 6.07) is 1.48. The Bertz CT molecular complexity index is 408. The van der Waals surface area contributed by atoms with E-state index in [0.717, 1.165) is 25.4 Å². The third kappa shape index (κ3) is 4.62. The third-order valence-corrected chi connectivity index (χ3v) is 3.41. The first kappa shape index (κ1) is 14.9. The van der Waals surface area contributed by atoms with Gasteiger partial charge < -0.3 is 10.0 Å². The van der Waals surface area contributed by atoms with Crippen LogP contribution in [-0.4, -0.2) is 51.3 Å². The highest BCUT2D eigenvalue weighted by Crippen LogP contribution is 2.14. The molecule has 1 aromatic rings. The predicted octanol–water partition coefficient (Wildman–Crippen LogP) is 1.92. The Morgan fingerprint density at radius 2 is 2.06 bits per heavy atom. The molecule has 0 fully saturated rings. The number of aryl methyl sites for hydroxylation is 1. The van der Waals surface area contributed by atoms with E-state index in [9.17, 15) is 4.79 Å². The van der Waals surface area contributed by atoms with Crippen LogP contribution in [0.5, 0.6) is 0 Å². The lowest BCUT2D eigenvalue weighted by molar-refractivity contribution is 0.0689. The minimum atomic E-state index is -1.01. The Balaban J connectivity index is 2.59. The average Bonchev–Trinajstić information content (AvgIpc) is 2.34. The van der Waals surface area contributed by atoms with Crippen molar-refractivity contribution in [3.05, 3.63) is 17.5 Å². The van der Waals surface area contributed by atoms with Crippen LogP contribution in [0.4, 0.5) is 0 Å². The molecule has 1 N–H and O–H groups in total. The van der Waals surface area contributed by atoms with Gasteiger partial charge in [0, 0.05) is 18.0 Å². The molecular weight excluding hydrogens is 250 g/mol. The molecule has 0 aliphatic heterocycles. The summed E-state index contributed by atoms with van der Waals surface area (Å²) in [5.41, 5.74) is 0.751. The molecule has 0 radical (unpaired) electrons. The third-order valence-electron chi connectivity index (χ3n) is 2.59.